The Kier molecular flexibility index (Phi) is 8.42. The van der Waals surface area contributed by atoms with Gasteiger partial charge >= 0.3 is 0 Å². The fourth-order valence-corrected chi connectivity index (χ4v) is 7.58. The highest BCUT2D eigenvalue weighted by atomic mass is 32.2. The third-order valence-electron chi connectivity index (χ3n) is 6.22. The van der Waals surface area contributed by atoms with Crippen molar-refractivity contribution >= 4 is 26.0 Å². The molecule has 3 aromatic rings. The normalized spacial score (nSPS) is 19.2. The lowest BCUT2D eigenvalue weighted by Gasteiger charge is -2.30. The molecule has 0 saturated carbocycles. The van der Waals surface area contributed by atoms with Crippen molar-refractivity contribution in [1.29, 1.82) is 0 Å². The lowest BCUT2D eigenvalue weighted by molar-refractivity contribution is -0.122. The summed E-state index contributed by atoms with van der Waals surface area (Å²) in [4.78, 5) is 17.0. The molecule has 12 heteroatoms. The summed E-state index contributed by atoms with van der Waals surface area (Å²) < 4.78 is 58.1. The summed E-state index contributed by atoms with van der Waals surface area (Å²) in [5.41, 5.74) is 1.33. The number of rotatable bonds is 6. The number of sulfonamides is 2. The Morgan fingerprint density at radius 1 is 0.946 bits per heavy atom. The van der Waals surface area contributed by atoms with Gasteiger partial charge in [0.2, 0.25) is 15.9 Å². The molecule has 1 N–H and O–H groups in total. The summed E-state index contributed by atoms with van der Waals surface area (Å²) in [5.74, 6) is -0.540. The Balaban J connectivity index is 1.66. The minimum Gasteiger partial charge on any atom is -0.355 e. The Bertz CT molecular complexity index is 1410. The minimum absolute atomic E-state index is 0.0170. The van der Waals surface area contributed by atoms with Crippen molar-refractivity contribution in [3.63, 3.8) is 0 Å². The van der Waals surface area contributed by atoms with Gasteiger partial charge < -0.3 is 9.88 Å². The average molecular weight is 546 g/mol. The number of benzene rings is 2. The second kappa shape index (κ2) is 11.5. The zero-order chi connectivity index (χ0) is 26.5. The van der Waals surface area contributed by atoms with E-state index in [2.05, 4.69) is 10.3 Å². The number of hydrogen-bond acceptors (Lipinski definition) is 6. The molecule has 198 valence electrons. The lowest BCUT2D eigenvalue weighted by atomic mass is 10.0. The SMILES string of the molecule is Cn1cnc(S(=O)(=O)N2CCCN(S(=O)(=O)Cc3ccccc3)CCNC(=O)CC2c2ccccc2)c1. The smallest absolute Gasteiger partial charge is 0.262 e. The highest BCUT2D eigenvalue weighted by molar-refractivity contribution is 7.89. The Morgan fingerprint density at radius 3 is 2.27 bits per heavy atom. The Hall–Kier alpha value is -3.06. The average Bonchev–Trinajstić information content (AvgIpc) is 3.30. The molecule has 1 aromatic heterocycles. The molecule has 1 saturated heterocycles. The van der Waals surface area contributed by atoms with Gasteiger partial charge in [-0.3, -0.25) is 4.79 Å². The summed E-state index contributed by atoms with van der Waals surface area (Å²) in [6.07, 6.45) is 2.96. The number of imidazole rings is 1. The van der Waals surface area contributed by atoms with Crippen LogP contribution in [0.25, 0.3) is 0 Å². The van der Waals surface area contributed by atoms with E-state index in [0.29, 0.717) is 11.1 Å². The van der Waals surface area contributed by atoms with Crippen molar-refractivity contribution in [2.75, 3.05) is 26.2 Å². The topological polar surface area (TPSA) is 122 Å². The van der Waals surface area contributed by atoms with Crippen molar-refractivity contribution in [3.8, 4) is 0 Å². The molecule has 0 radical (unpaired) electrons. The van der Waals surface area contributed by atoms with Crippen LogP contribution >= 0.6 is 0 Å². The number of nitrogens with zero attached hydrogens (tertiary/aromatic N) is 4. The fraction of sp³-hybridized carbons (Fsp3) is 0.360. The summed E-state index contributed by atoms with van der Waals surface area (Å²) in [6, 6.07) is 17.1. The first-order valence-electron chi connectivity index (χ1n) is 12.0. The maximum atomic E-state index is 13.7. The molecule has 1 atom stereocenters. The van der Waals surface area contributed by atoms with Crippen LogP contribution in [0, 0.1) is 0 Å². The van der Waals surface area contributed by atoms with Gasteiger partial charge in [0.05, 0.1) is 18.1 Å². The van der Waals surface area contributed by atoms with Crippen molar-refractivity contribution in [2.24, 2.45) is 7.05 Å². The minimum atomic E-state index is -4.09. The van der Waals surface area contributed by atoms with E-state index >= 15 is 0 Å². The highest BCUT2D eigenvalue weighted by Gasteiger charge is 2.36. The zero-order valence-corrected chi connectivity index (χ0v) is 22.2. The zero-order valence-electron chi connectivity index (χ0n) is 20.6. The van der Waals surface area contributed by atoms with Gasteiger partial charge in [-0.15, -0.1) is 0 Å². The second-order valence-corrected chi connectivity index (χ2v) is 12.8. The standard InChI is InChI=1S/C25H31N5O5S2/c1-28-18-25(27-20-28)37(34,35)30-15-8-14-29(36(32,33)19-21-9-4-2-5-10-21)16-13-26-24(31)17-23(30)22-11-6-3-7-12-22/h2-7,9-12,18,20,23H,8,13-17,19H2,1H3,(H,26,31). The first-order valence-corrected chi connectivity index (χ1v) is 15.0. The molecule has 10 nitrogen and oxygen atoms in total. The molecule has 0 spiro atoms. The van der Waals surface area contributed by atoms with Gasteiger partial charge in [-0.1, -0.05) is 60.7 Å². The van der Waals surface area contributed by atoms with E-state index in [1.807, 2.05) is 12.1 Å². The Labute approximate surface area is 218 Å². The quantitative estimate of drug-likeness (QED) is 0.505. The van der Waals surface area contributed by atoms with E-state index in [9.17, 15) is 21.6 Å². The van der Waals surface area contributed by atoms with Gasteiger partial charge in [0, 0.05) is 45.8 Å². The van der Waals surface area contributed by atoms with Crippen LogP contribution in [0.3, 0.4) is 0 Å². The van der Waals surface area contributed by atoms with Crippen LogP contribution in [-0.4, -0.2) is 67.1 Å². The molecule has 4 rings (SSSR count). The number of amides is 1. The fourth-order valence-electron chi connectivity index (χ4n) is 4.38. The van der Waals surface area contributed by atoms with Crippen LogP contribution < -0.4 is 5.32 Å². The number of aromatic nitrogens is 2. The monoisotopic (exact) mass is 545 g/mol. The second-order valence-electron chi connectivity index (χ2n) is 8.97. The lowest BCUT2D eigenvalue weighted by Crippen LogP contribution is -2.39. The van der Waals surface area contributed by atoms with Gasteiger partial charge in [0.1, 0.15) is 0 Å². The number of carbonyl (C=O) groups excluding carboxylic acids is 1. The summed E-state index contributed by atoms with van der Waals surface area (Å²) >= 11 is 0. The molecule has 0 aliphatic carbocycles. The molecule has 1 aliphatic rings. The van der Waals surface area contributed by atoms with Crippen molar-refractivity contribution in [3.05, 3.63) is 84.3 Å². The molecular weight excluding hydrogens is 514 g/mol. The van der Waals surface area contributed by atoms with E-state index < -0.39 is 26.1 Å². The largest absolute Gasteiger partial charge is 0.355 e. The van der Waals surface area contributed by atoms with Crippen molar-refractivity contribution in [2.45, 2.75) is 29.7 Å². The van der Waals surface area contributed by atoms with E-state index in [4.69, 9.17) is 0 Å². The highest BCUT2D eigenvalue weighted by Crippen LogP contribution is 2.30. The Morgan fingerprint density at radius 2 is 1.62 bits per heavy atom. The predicted octanol–water partition coefficient (Wildman–Crippen LogP) is 1.89. The van der Waals surface area contributed by atoms with Crippen LogP contribution in [0.4, 0.5) is 0 Å². The van der Waals surface area contributed by atoms with E-state index in [1.165, 1.54) is 21.1 Å². The first-order chi connectivity index (χ1) is 17.7. The molecule has 2 aromatic carbocycles. The molecular formula is C25H31N5O5S2. The third kappa shape index (κ3) is 6.63. The third-order valence-corrected chi connectivity index (χ3v) is 9.86. The number of carbonyl (C=O) groups is 1. The number of aryl methyl sites for hydroxylation is 1. The van der Waals surface area contributed by atoms with E-state index in [1.54, 1.807) is 60.1 Å². The summed E-state index contributed by atoms with van der Waals surface area (Å²) in [5, 5.41) is 2.65. The van der Waals surface area contributed by atoms with Gasteiger partial charge in [-0.2, -0.15) is 8.61 Å². The number of hydrogen-bond donors (Lipinski definition) is 1. The molecule has 2 heterocycles. The van der Waals surface area contributed by atoms with Crippen LogP contribution in [0.1, 0.15) is 30.0 Å². The van der Waals surface area contributed by atoms with Crippen molar-refractivity contribution < 1.29 is 21.6 Å². The van der Waals surface area contributed by atoms with Gasteiger partial charge in [0.15, 0.2) is 5.03 Å². The predicted molar refractivity (Wildman–Crippen MR) is 139 cm³/mol. The van der Waals surface area contributed by atoms with E-state index in [0.717, 1.165) is 0 Å². The van der Waals surface area contributed by atoms with Gasteiger partial charge in [-0.25, -0.2) is 21.8 Å². The molecule has 0 bridgehead atoms. The molecule has 1 amide bonds. The van der Waals surface area contributed by atoms with Crippen LogP contribution in [0.5, 0.6) is 0 Å². The molecule has 1 fully saturated rings. The summed E-state index contributed by atoms with van der Waals surface area (Å²) in [6.45, 7) is 0.356. The van der Waals surface area contributed by atoms with E-state index in [-0.39, 0.29) is 55.7 Å². The molecule has 1 aliphatic heterocycles. The van der Waals surface area contributed by atoms with Crippen molar-refractivity contribution in [1.82, 2.24) is 23.5 Å². The maximum Gasteiger partial charge on any atom is 0.262 e. The molecule has 37 heavy (non-hydrogen) atoms. The van der Waals surface area contributed by atoms with Gasteiger partial charge in [0.25, 0.3) is 10.0 Å². The summed E-state index contributed by atoms with van der Waals surface area (Å²) in [7, 11) is -6.12. The van der Waals surface area contributed by atoms with Crippen LogP contribution in [0.15, 0.2) is 78.2 Å². The van der Waals surface area contributed by atoms with Crippen LogP contribution in [-0.2, 0) is 37.6 Å². The molecule has 1 unspecified atom stereocenters. The maximum absolute atomic E-state index is 13.7. The number of nitrogens with one attached hydrogen (secondary N) is 1. The van der Waals surface area contributed by atoms with Crippen LogP contribution in [0.2, 0.25) is 0 Å². The first kappa shape index (κ1) is 27.0. The van der Waals surface area contributed by atoms with Gasteiger partial charge in [-0.05, 0) is 17.5 Å².